The Balaban J connectivity index is 3.02. The first-order chi connectivity index (χ1) is 11.0. The molecule has 0 atom stereocenters. The van der Waals surface area contributed by atoms with Gasteiger partial charge in [0, 0.05) is 12.1 Å². The molecule has 0 aliphatic rings. The summed E-state index contributed by atoms with van der Waals surface area (Å²) in [5.41, 5.74) is 0.119. The van der Waals surface area contributed by atoms with Crippen LogP contribution in [0.1, 0.15) is 30.1 Å². The van der Waals surface area contributed by atoms with Crippen molar-refractivity contribution in [2.75, 3.05) is 19.6 Å². The predicted molar refractivity (Wildman–Crippen MR) is 83.7 cm³/mol. The van der Waals surface area contributed by atoms with Crippen LogP contribution in [0.5, 0.6) is 0 Å². The van der Waals surface area contributed by atoms with Crippen LogP contribution in [0.25, 0.3) is 0 Å². The lowest BCUT2D eigenvalue weighted by atomic mass is 10.2. The van der Waals surface area contributed by atoms with Crippen LogP contribution in [0.3, 0.4) is 0 Å². The Morgan fingerprint density at radius 3 is 2.48 bits per heavy atom. The minimum atomic E-state index is -3.69. The van der Waals surface area contributed by atoms with Gasteiger partial charge in [-0.05, 0) is 24.6 Å². The first kappa shape index (κ1) is 18.6. The molecule has 0 saturated heterocycles. The molecule has 0 aliphatic carbocycles. The van der Waals surface area contributed by atoms with Gasteiger partial charge in [0.25, 0.3) is 5.91 Å². The molecule has 0 fully saturated rings. The van der Waals surface area contributed by atoms with E-state index in [9.17, 15) is 13.2 Å². The number of nitrogens with one attached hydrogen (secondary N) is 1. The van der Waals surface area contributed by atoms with Gasteiger partial charge < -0.3 is 4.90 Å². The lowest BCUT2D eigenvalue weighted by molar-refractivity contribution is 0.0794. The molecule has 122 valence electrons. The van der Waals surface area contributed by atoms with Gasteiger partial charge in [-0.25, -0.2) is 13.1 Å². The molecule has 7 nitrogen and oxygen atoms in total. The Morgan fingerprint density at radius 1 is 1.26 bits per heavy atom. The van der Waals surface area contributed by atoms with E-state index in [0.29, 0.717) is 6.54 Å². The van der Waals surface area contributed by atoms with Crippen molar-refractivity contribution < 1.29 is 13.2 Å². The minimum absolute atomic E-state index is 0.0201. The second kappa shape index (κ2) is 8.89. The van der Waals surface area contributed by atoms with E-state index in [-0.39, 0.29) is 23.5 Å². The summed E-state index contributed by atoms with van der Waals surface area (Å²) in [6.45, 7) is 1.80. The van der Waals surface area contributed by atoms with E-state index in [4.69, 9.17) is 10.5 Å². The fourth-order valence-corrected chi connectivity index (χ4v) is 2.94. The number of benzene rings is 1. The second-order valence-corrected chi connectivity index (χ2v) is 6.52. The average molecular weight is 334 g/mol. The van der Waals surface area contributed by atoms with Crippen molar-refractivity contribution in [2.45, 2.75) is 24.7 Å². The molecule has 1 rings (SSSR count). The van der Waals surface area contributed by atoms with Gasteiger partial charge in [-0.3, -0.25) is 4.79 Å². The molecule has 23 heavy (non-hydrogen) atoms. The van der Waals surface area contributed by atoms with Crippen molar-refractivity contribution in [1.82, 2.24) is 9.62 Å². The van der Waals surface area contributed by atoms with Gasteiger partial charge in [0.15, 0.2) is 0 Å². The van der Waals surface area contributed by atoms with E-state index in [0.717, 1.165) is 17.7 Å². The maximum absolute atomic E-state index is 12.3. The second-order valence-electron chi connectivity index (χ2n) is 4.76. The topological polar surface area (TPSA) is 114 Å². The zero-order valence-corrected chi connectivity index (χ0v) is 13.6. The minimum Gasteiger partial charge on any atom is -0.312 e. The van der Waals surface area contributed by atoms with E-state index < -0.39 is 15.9 Å². The van der Waals surface area contributed by atoms with E-state index in [1.807, 2.05) is 6.92 Å². The van der Waals surface area contributed by atoms with Crippen LogP contribution < -0.4 is 4.72 Å². The number of sulfonamides is 1. The molecule has 0 bridgehead atoms. The van der Waals surface area contributed by atoms with Crippen LogP contribution in [-0.4, -0.2) is 38.9 Å². The molecule has 0 radical (unpaired) electrons. The van der Waals surface area contributed by atoms with Gasteiger partial charge in [-0.2, -0.15) is 10.5 Å². The van der Waals surface area contributed by atoms with Crippen molar-refractivity contribution >= 4 is 15.9 Å². The van der Waals surface area contributed by atoms with Crippen molar-refractivity contribution in [3.63, 3.8) is 0 Å². The van der Waals surface area contributed by atoms with Gasteiger partial charge in [0.1, 0.15) is 13.1 Å². The van der Waals surface area contributed by atoms with Crippen LogP contribution in [0.15, 0.2) is 29.2 Å². The van der Waals surface area contributed by atoms with Crippen molar-refractivity contribution in [3.05, 3.63) is 29.8 Å². The summed E-state index contributed by atoms with van der Waals surface area (Å²) >= 11 is 0. The number of nitrogens with zero attached hydrogens (tertiary/aromatic N) is 3. The highest BCUT2D eigenvalue weighted by molar-refractivity contribution is 7.89. The zero-order valence-electron chi connectivity index (χ0n) is 12.8. The summed E-state index contributed by atoms with van der Waals surface area (Å²) in [6.07, 6.45) is 1.58. The van der Waals surface area contributed by atoms with E-state index in [1.54, 1.807) is 12.1 Å². The molecule has 1 aromatic rings. The third-order valence-electron chi connectivity index (χ3n) is 3.02. The molecule has 1 aromatic carbocycles. The number of carbonyl (C=O) groups is 1. The summed E-state index contributed by atoms with van der Waals surface area (Å²) in [5.74, 6) is -0.557. The Morgan fingerprint density at radius 2 is 1.91 bits per heavy atom. The fraction of sp³-hybridized carbons (Fsp3) is 0.400. The van der Waals surface area contributed by atoms with E-state index in [1.165, 1.54) is 24.3 Å². The van der Waals surface area contributed by atoms with Gasteiger partial charge in [0.2, 0.25) is 10.0 Å². The number of rotatable bonds is 8. The molecule has 0 heterocycles. The molecule has 0 aromatic heterocycles. The molecule has 0 saturated carbocycles. The summed E-state index contributed by atoms with van der Waals surface area (Å²) in [4.78, 5) is 13.3. The normalized spacial score (nSPS) is 10.6. The molecule has 1 N–H and O–H groups in total. The largest absolute Gasteiger partial charge is 0.312 e. The number of carbonyl (C=O) groups excluding carboxylic acids is 1. The Labute approximate surface area is 136 Å². The van der Waals surface area contributed by atoms with Crippen LogP contribution in [-0.2, 0) is 10.0 Å². The summed E-state index contributed by atoms with van der Waals surface area (Å²) in [5, 5.41) is 17.4. The number of hydrogen-bond acceptors (Lipinski definition) is 5. The highest BCUT2D eigenvalue weighted by Gasteiger charge is 2.19. The van der Waals surface area contributed by atoms with E-state index >= 15 is 0 Å². The highest BCUT2D eigenvalue weighted by Crippen LogP contribution is 2.13. The monoisotopic (exact) mass is 334 g/mol. The van der Waals surface area contributed by atoms with Crippen molar-refractivity contribution in [2.24, 2.45) is 0 Å². The van der Waals surface area contributed by atoms with Crippen LogP contribution in [0.2, 0.25) is 0 Å². The smallest absolute Gasteiger partial charge is 0.255 e. The van der Waals surface area contributed by atoms with Gasteiger partial charge >= 0.3 is 0 Å². The van der Waals surface area contributed by atoms with E-state index in [2.05, 4.69) is 4.72 Å². The third kappa shape index (κ3) is 5.37. The molecule has 0 unspecified atom stereocenters. The van der Waals surface area contributed by atoms with Crippen LogP contribution >= 0.6 is 0 Å². The Hall–Kier alpha value is -2.42. The third-order valence-corrected chi connectivity index (χ3v) is 4.48. The van der Waals surface area contributed by atoms with Gasteiger partial charge in [-0.1, -0.05) is 19.4 Å². The fourth-order valence-electron chi connectivity index (χ4n) is 1.82. The number of amides is 1. The molecule has 0 spiro atoms. The number of hydrogen-bond donors (Lipinski definition) is 1. The number of nitriles is 2. The average Bonchev–Trinajstić information content (AvgIpc) is 2.54. The molecule has 1 amide bonds. The summed E-state index contributed by atoms with van der Waals surface area (Å²) < 4.78 is 26.8. The Kier molecular flexibility index (Phi) is 7.20. The lowest BCUT2D eigenvalue weighted by Crippen LogP contribution is -2.32. The van der Waals surface area contributed by atoms with Gasteiger partial charge in [-0.15, -0.1) is 0 Å². The maximum Gasteiger partial charge on any atom is 0.255 e. The molecule has 8 heteroatoms. The maximum atomic E-state index is 12.3. The molecular weight excluding hydrogens is 316 g/mol. The van der Waals surface area contributed by atoms with Gasteiger partial charge in [0.05, 0.1) is 17.0 Å². The first-order valence-corrected chi connectivity index (χ1v) is 8.57. The standard InChI is InChI=1S/C15H18N4O3S/c1-2-3-9-18-23(21,22)14-6-4-5-13(12-14)15(20)19(10-7-16)11-8-17/h4-6,12,18H,2-3,9-11H2,1H3. The number of unbranched alkanes of at least 4 members (excludes halogenated alkanes) is 1. The highest BCUT2D eigenvalue weighted by atomic mass is 32.2. The van der Waals surface area contributed by atoms with Crippen molar-refractivity contribution in [1.29, 1.82) is 10.5 Å². The summed E-state index contributed by atoms with van der Waals surface area (Å²) in [6, 6.07) is 9.16. The van der Waals surface area contributed by atoms with Crippen LogP contribution in [0.4, 0.5) is 0 Å². The zero-order chi connectivity index (χ0) is 17.3. The summed E-state index contributed by atoms with van der Waals surface area (Å²) in [7, 11) is -3.69. The Bertz CT molecular complexity index is 716. The lowest BCUT2D eigenvalue weighted by Gasteiger charge is -2.16. The quantitative estimate of drug-likeness (QED) is 0.567. The molecular formula is C15H18N4O3S. The predicted octanol–water partition coefficient (Wildman–Crippen LogP) is 1.25. The van der Waals surface area contributed by atoms with Crippen molar-refractivity contribution in [3.8, 4) is 12.1 Å². The SMILES string of the molecule is CCCCNS(=O)(=O)c1cccc(C(=O)N(CC#N)CC#N)c1. The van der Waals surface area contributed by atoms with Crippen LogP contribution in [0, 0.1) is 22.7 Å². The first-order valence-electron chi connectivity index (χ1n) is 7.09. The molecule has 0 aliphatic heterocycles.